The van der Waals surface area contributed by atoms with Gasteiger partial charge in [-0.2, -0.15) is 0 Å². The molecule has 0 aromatic heterocycles. The molecule has 0 aliphatic carbocycles. The Morgan fingerprint density at radius 1 is 1.56 bits per heavy atom. The van der Waals surface area contributed by atoms with Gasteiger partial charge in [-0.15, -0.1) is 0 Å². The Hall–Kier alpha value is -1.55. The fraction of sp³-hybridized carbons (Fsp3) is 0.500. The van der Waals surface area contributed by atoms with Crippen molar-refractivity contribution in [1.82, 2.24) is 0 Å². The largest absolute Gasteiger partial charge is 0.478 e. The molecule has 1 saturated heterocycles. The summed E-state index contributed by atoms with van der Waals surface area (Å²) in [6.07, 6.45) is 1.08. The maximum atomic E-state index is 10.9. The number of carboxylic acids is 1. The number of aryl methyl sites for hydroxylation is 1. The van der Waals surface area contributed by atoms with Gasteiger partial charge in [-0.25, -0.2) is 4.79 Å². The van der Waals surface area contributed by atoms with E-state index in [1.165, 1.54) is 0 Å². The molecule has 0 amide bonds. The average Bonchev–Trinajstić information content (AvgIpc) is 2.85. The Labute approximate surface area is 107 Å². The van der Waals surface area contributed by atoms with Gasteiger partial charge in [0.25, 0.3) is 0 Å². The number of nitrogens with one attached hydrogen (secondary N) is 1. The first-order valence-corrected chi connectivity index (χ1v) is 6.26. The van der Waals surface area contributed by atoms with E-state index in [9.17, 15) is 4.79 Å². The van der Waals surface area contributed by atoms with Crippen LogP contribution in [0.15, 0.2) is 18.2 Å². The lowest BCUT2D eigenvalue weighted by Gasteiger charge is -2.21. The van der Waals surface area contributed by atoms with Gasteiger partial charge in [0.05, 0.1) is 12.2 Å². The van der Waals surface area contributed by atoms with Crippen molar-refractivity contribution in [2.75, 3.05) is 18.5 Å². The van der Waals surface area contributed by atoms with E-state index in [0.717, 1.165) is 30.9 Å². The van der Waals surface area contributed by atoms with E-state index >= 15 is 0 Å². The predicted molar refractivity (Wildman–Crippen MR) is 70.1 cm³/mol. The van der Waals surface area contributed by atoms with Crippen LogP contribution in [0.2, 0.25) is 0 Å². The molecule has 4 heteroatoms. The minimum atomic E-state index is -0.887. The second-order valence-electron chi connectivity index (χ2n) is 4.89. The van der Waals surface area contributed by atoms with Gasteiger partial charge in [-0.1, -0.05) is 0 Å². The highest BCUT2D eigenvalue weighted by Gasteiger charge is 2.22. The lowest BCUT2D eigenvalue weighted by molar-refractivity contribution is 0.0697. The zero-order valence-electron chi connectivity index (χ0n) is 10.8. The third kappa shape index (κ3) is 2.82. The highest BCUT2D eigenvalue weighted by atomic mass is 16.5. The van der Waals surface area contributed by atoms with Crippen LogP contribution in [-0.4, -0.2) is 30.3 Å². The SMILES string of the molecule is Cc1cc(C(=O)O)ccc1NC(C)C1CCOC1. The minimum absolute atomic E-state index is 0.329. The molecule has 4 nitrogen and oxygen atoms in total. The normalized spacial score (nSPS) is 20.7. The van der Waals surface area contributed by atoms with Crippen LogP contribution < -0.4 is 5.32 Å². The van der Waals surface area contributed by atoms with Gasteiger partial charge in [0.15, 0.2) is 0 Å². The molecule has 0 saturated carbocycles. The summed E-state index contributed by atoms with van der Waals surface area (Å²) in [7, 11) is 0. The molecule has 1 aromatic rings. The molecule has 2 rings (SSSR count). The van der Waals surface area contributed by atoms with Gasteiger partial charge >= 0.3 is 5.97 Å². The van der Waals surface area contributed by atoms with Crippen molar-refractivity contribution in [2.45, 2.75) is 26.3 Å². The van der Waals surface area contributed by atoms with Crippen LogP contribution in [-0.2, 0) is 4.74 Å². The second kappa shape index (κ2) is 5.40. The number of hydrogen-bond donors (Lipinski definition) is 2. The van der Waals surface area contributed by atoms with E-state index in [0.29, 0.717) is 17.5 Å². The Balaban J connectivity index is 2.06. The van der Waals surface area contributed by atoms with Crippen LogP contribution in [0.5, 0.6) is 0 Å². The predicted octanol–water partition coefficient (Wildman–Crippen LogP) is 2.53. The fourth-order valence-corrected chi connectivity index (χ4v) is 2.27. The number of hydrogen-bond acceptors (Lipinski definition) is 3. The number of benzene rings is 1. The Kier molecular flexibility index (Phi) is 3.87. The summed E-state index contributed by atoms with van der Waals surface area (Å²) < 4.78 is 5.38. The minimum Gasteiger partial charge on any atom is -0.478 e. The number of carbonyl (C=O) groups is 1. The summed E-state index contributed by atoms with van der Waals surface area (Å²) in [5.41, 5.74) is 2.29. The highest BCUT2D eigenvalue weighted by Crippen LogP contribution is 2.23. The number of ether oxygens (including phenoxy) is 1. The molecule has 18 heavy (non-hydrogen) atoms. The zero-order chi connectivity index (χ0) is 13.1. The molecule has 0 spiro atoms. The van der Waals surface area contributed by atoms with Crippen LogP contribution >= 0.6 is 0 Å². The molecule has 1 fully saturated rings. The van der Waals surface area contributed by atoms with Crippen molar-refractivity contribution in [3.05, 3.63) is 29.3 Å². The van der Waals surface area contributed by atoms with Crippen LogP contribution in [0, 0.1) is 12.8 Å². The molecule has 0 radical (unpaired) electrons. The zero-order valence-corrected chi connectivity index (χ0v) is 10.8. The Morgan fingerprint density at radius 2 is 2.33 bits per heavy atom. The van der Waals surface area contributed by atoms with E-state index in [1.807, 2.05) is 13.0 Å². The van der Waals surface area contributed by atoms with E-state index in [1.54, 1.807) is 12.1 Å². The molecule has 1 aliphatic heterocycles. The summed E-state index contributed by atoms with van der Waals surface area (Å²) in [6.45, 7) is 5.71. The van der Waals surface area contributed by atoms with Gasteiger partial charge in [-0.3, -0.25) is 0 Å². The van der Waals surface area contributed by atoms with E-state index in [4.69, 9.17) is 9.84 Å². The van der Waals surface area contributed by atoms with Crippen molar-refractivity contribution in [3.63, 3.8) is 0 Å². The number of aromatic carboxylic acids is 1. The third-order valence-electron chi connectivity index (χ3n) is 3.53. The van der Waals surface area contributed by atoms with Crippen molar-refractivity contribution < 1.29 is 14.6 Å². The van der Waals surface area contributed by atoms with Crippen molar-refractivity contribution >= 4 is 11.7 Å². The van der Waals surface area contributed by atoms with Crippen LogP contribution in [0.1, 0.15) is 29.3 Å². The van der Waals surface area contributed by atoms with Crippen molar-refractivity contribution in [2.24, 2.45) is 5.92 Å². The molecular weight excluding hydrogens is 230 g/mol. The highest BCUT2D eigenvalue weighted by molar-refractivity contribution is 5.88. The maximum absolute atomic E-state index is 10.9. The van der Waals surface area contributed by atoms with Crippen molar-refractivity contribution in [3.8, 4) is 0 Å². The molecular formula is C14H19NO3. The standard InChI is InChI=1S/C14H19NO3/c1-9-7-11(14(16)17)3-4-13(9)15-10(2)12-5-6-18-8-12/h3-4,7,10,12,15H,5-6,8H2,1-2H3,(H,16,17). The van der Waals surface area contributed by atoms with Gasteiger partial charge < -0.3 is 15.2 Å². The van der Waals surface area contributed by atoms with Crippen molar-refractivity contribution in [1.29, 1.82) is 0 Å². The van der Waals surface area contributed by atoms with Gasteiger partial charge in [0, 0.05) is 24.3 Å². The molecule has 0 bridgehead atoms. The van der Waals surface area contributed by atoms with Gasteiger partial charge in [0.2, 0.25) is 0 Å². The molecule has 1 aliphatic rings. The van der Waals surface area contributed by atoms with Gasteiger partial charge in [-0.05, 0) is 44.0 Å². The van der Waals surface area contributed by atoms with E-state index in [2.05, 4.69) is 12.2 Å². The molecule has 98 valence electrons. The first-order valence-electron chi connectivity index (χ1n) is 6.26. The molecule has 1 heterocycles. The topological polar surface area (TPSA) is 58.6 Å². The van der Waals surface area contributed by atoms with E-state index < -0.39 is 5.97 Å². The Morgan fingerprint density at radius 3 is 2.89 bits per heavy atom. The number of rotatable bonds is 4. The average molecular weight is 249 g/mol. The fourth-order valence-electron chi connectivity index (χ4n) is 2.27. The monoisotopic (exact) mass is 249 g/mol. The summed E-state index contributed by atoms with van der Waals surface area (Å²) in [6, 6.07) is 5.50. The Bertz CT molecular complexity index is 439. The molecule has 1 aromatic carbocycles. The molecule has 2 atom stereocenters. The van der Waals surface area contributed by atoms with Gasteiger partial charge in [0.1, 0.15) is 0 Å². The second-order valence-corrected chi connectivity index (χ2v) is 4.89. The smallest absolute Gasteiger partial charge is 0.335 e. The summed E-state index contributed by atoms with van der Waals surface area (Å²) in [5.74, 6) is -0.356. The first-order chi connectivity index (χ1) is 8.58. The van der Waals surface area contributed by atoms with Crippen LogP contribution in [0.3, 0.4) is 0 Å². The number of anilines is 1. The first kappa shape index (κ1) is 12.9. The summed E-state index contributed by atoms with van der Waals surface area (Å²) >= 11 is 0. The summed E-state index contributed by atoms with van der Waals surface area (Å²) in [4.78, 5) is 10.9. The maximum Gasteiger partial charge on any atom is 0.335 e. The quantitative estimate of drug-likeness (QED) is 0.861. The summed E-state index contributed by atoms with van der Waals surface area (Å²) in [5, 5.41) is 12.4. The molecule has 2 unspecified atom stereocenters. The lowest BCUT2D eigenvalue weighted by atomic mass is 9.99. The van der Waals surface area contributed by atoms with Crippen LogP contribution in [0.25, 0.3) is 0 Å². The van der Waals surface area contributed by atoms with E-state index in [-0.39, 0.29) is 0 Å². The molecule has 2 N–H and O–H groups in total. The number of carboxylic acid groups (broad SMARTS) is 1. The lowest BCUT2D eigenvalue weighted by Crippen LogP contribution is -2.26. The third-order valence-corrected chi connectivity index (χ3v) is 3.53. The van der Waals surface area contributed by atoms with Crippen LogP contribution in [0.4, 0.5) is 5.69 Å².